The van der Waals surface area contributed by atoms with E-state index in [0.717, 1.165) is 5.92 Å². The summed E-state index contributed by atoms with van der Waals surface area (Å²) in [6.07, 6.45) is 3.78. The zero-order valence-electron chi connectivity index (χ0n) is 9.75. The molecule has 2 saturated carbocycles. The van der Waals surface area contributed by atoms with Gasteiger partial charge in [-0.1, -0.05) is 20.8 Å². The predicted molar refractivity (Wildman–Crippen MR) is 59.6 cm³/mol. The molecule has 0 saturated heterocycles. The second kappa shape index (κ2) is 3.11. The smallest absolute Gasteiger partial charge is 0.213 e. The van der Waals surface area contributed by atoms with Gasteiger partial charge >= 0.3 is 0 Å². The molecular weight excluding hydrogens is 190 g/mol. The van der Waals surface area contributed by atoms with E-state index in [1.807, 2.05) is 5.48 Å². The number of fused-ring (bicyclic) bond motifs is 2. The number of nitrogens with two attached hydrogens (primary N) is 1. The van der Waals surface area contributed by atoms with Crippen molar-refractivity contribution in [2.24, 2.45) is 27.5 Å². The molecule has 4 N–H and O–H groups in total. The molecule has 3 unspecified atom stereocenters. The summed E-state index contributed by atoms with van der Waals surface area (Å²) in [5.74, 6) is 0.893. The second-order valence-electron chi connectivity index (χ2n) is 5.94. The van der Waals surface area contributed by atoms with Crippen LogP contribution in [0, 0.1) is 16.7 Å². The normalized spacial score (nSPS) is 43.3. The van der Waals surface area contributed by atoms with Gasteiger partial charge in [-0.3, -0.25) is 5.21 Å². The van der Waals surface area contributed by atoms with Crippen LogP contribution in [-0.2, 0) is 0 Å². The highest BCUT2D eigenvalue weighted by atomic mass is 16.5. The van der Waals surface area contributed by atoms with E-state index in [4.69, 9.17) is 10.9 Å². The fourth-order valence-electron chi connectivity index (χ4n) is 3.77. The van der Waals surface area contributed by atoms with Crippen molar-refractivity contribution in [2.75, 3.05) is 0 Å². The first-order valence-electron chi connectivity index (χ1n) is 5.63. The van der Waals surface area contributed by atoms with Crippen molar-refractivity contribution in [3.63, 3.8) is 0 Å². The largest absolute Gasteiger partial charge is 0.368 e. The van der Waals surface area contributed by atoms with E-state index in [2.05, 4.69) is 25.8 Å². The predicted octanol–water partition coefficient (Wildman–Crippen LogP) is 1.49. The summed E-state index contributed by atoms with van der Waals surface area (Å²) in [5, 5.41) is 8.71. The quantitative estimate of drug-likeness (QED) is 0.349. The van der Waals surface area contributed by atoms with Crippen LogP contribution in [0.4, 0.5) is 0 Å². The molecule has 86 valence electrons. The minimum Gasteiger partial charge on any atom is -0.368 e. The van der Waals surface area contributed by atoms with E-state index in [1.165, 1.54) is 19.3 Å². The lowest BCUT2D eigenvalue weighted by Gasteiger charge is -2.40. The third-order valence-electron chi connectivity index (χ3n) is 4.58. The molecule has 0 amide bonds. The lowest BCUT2D eigenvalue weighted by molar-refractivity contribution is 0.140. The van der Waals surface area contributed by atoms with Crippen LogP contribution < -0.4 is 11.2 Å². The third-order valence-corrected chi connectivity index (χ3v) is 4.58. The third kappa shape index (κ3) is 1.42. The van der Waals surface area contributed by atoms with E-state index in [-0.39, 0.29) is 22.8 Å². The van der Waals surface area contributed by atoms with Crippen LogP contribution in [-0.4, -0.2) is 17.2 Å². The maximum Gasteiger partial charge on any atom is 0.213 e. The fourth-order valence-corrected chi connectivity index (χ4v) is 3.77. The van der Waals surface area contributed by atoms with E-state index in [1.54, 1.807) is 0 Å². The Hall–Kier alpha value is -0.770. The molecule has 0 heterocycles. The molecule has 0 aliphatic heterocycles. The molecule has 0 spiro atoms. The second-order valence-corrected chi connectivity index (χ2v) is 5.94. The Morgan fingerprint density at radius 3 is 2.60 bits per heavy atom. The highest BCUT2D eigenvalue weighted by Gasteiger charge is 2.59. The Morgan fingerprint density at radius 2 is 2.13 bits per heavy atom. The minimum absolute atomic E-state index is 0.141. The van der Waals surface area contributed by atoms with Crippen LogP contribution in [0.3, 0.4) is 0 Å². The number of rotatable bonds is 1. The molecule has 2 bridgehead atoms. The van der Waals surface area contributed by atoms with Gasteiger partial charge in [0.1, 0.15) is 0 Å². The van der Waals surface area contributed by atoms with Crippen molar-refractivity contribution in [2.45, 2.75) is 46.1 Å². The number of nitrogens with zero attached hydrogens (tertiary/aromatic N) is 1. The molecule has 2 aliphatic carbocycles. The number of aliphatic imine (C=N–C) groups is 1. The number of hydrogen-bond donors (Lipinski definition) is 3. The molecule has 0 aromatic rings. The molecular formula is C11H21N3O. The number of hydrogen-bond acceptors (Lipinski definition) is 2. The molecule has 15 heavy (non-hydrogen) atoms. The summed E-state index contributed by atoms with van der Waals surface area (Å²) in [5.41, 5.74) is 7.96. The molecule has 3 atom stereocenters. The molecule has 4 nitrogen and oxygen atoms in total. The molecule has 2 aliphatic rings. The van der Waals surface area contributed by atoms with Gasteiger partial charge in [-0.05, 0) is 36.0 Å². The Balaban J connectivity index is 2.30. The fraction of sp³-hybridized carbons (Fsp3) is 0.909. The van der Waals surface area contributed by atoms with Crippen molar-refractivity contribution < 1.29 is 5.21 Å². The Morgan fingerprint density at radius 1 is 1.47 bits per heavy atom. The van der Waals surface area contributed by atoms with Crippen LogP contribution in [0.5, 0.6) is 0 Å². The van der Waals surface area contributed by atoms with Crippen molar-refractivity contribution >= 4 is 5.96 Å². The zero-order chi connectivity index (χ0) is 11.3. The highest BCUT2D eigenvalue weighted by Crippen LogP contribution is 2.63. The lowest BCUT2D eigenvalue weighted by Crippen LogP contribution is -2.42. The van der Waals surface area contributed by atoms with Gasteiger partial charge in [0.05, 0.1) is 6.04 Å². The SMILES string of the molecule is CC12CCC(C1)C(C)(C)C2N=C(N)NO. The maximum atomic E-state index is 8.71. The summed E-state index contributed by atoms with van der Waals surface area (Å²) in [7, 11) is 0. The van der Waals surface area contributed by atoms with E-state index in [9.17, 15) is 0 Å². The standard InChI is InChI=1S/C11H21N3O/c1-10(2)7-4-5-11(3,6-7)8(10)13-9(12)14-15/h7-8,15H,4-6H2,1-3H3,(H3,12,13,14). The van der Waals surface area contributed by atoms with Gasteiger partial charge in [-0.2, -0.15) is 0 Å². The molecule has 0 radical (unpaired) electrons. The monoisotopic (exact) mass is 211 g/mol. The Labute approximate surface area is 90.9 Å². The Kier molecular flexibility index (Phi) is 2.23. The van der Waals surface area contributed by atoms with Gasteiger partial charge in [-0.25, -0.2) is 10.5 Å². The van der Waals surface area contributed by atoms with E-state index < -0.39 is 0 Å². The lowest BCUT2D eigenvalue weighted by atomic mass is 9.69. The van der Waals surface area contributed by atoms with Crippen molar-refractivity contribution in [3.8, 4) is 0 Å². The van der Waals surface area contributed by atoms with Crippen LogP contribution in [0.2, 0.25) is 0 Å². The van der Waals surface area contributed by atoms with Crippen molar-refractivity contribution in [3.05, 3.63) is 0 Å². The van der Waals surface area contributed by atoms with Crippen LogP contribution >= 0.6 is 0 Å². The summed E-state index contributed by atoms with van der Waals surface area (Å²) >= 11 is 0. The Bertz CT molecular complexity index is 295. The van der Waals surface area contributed by atoms with Gasteiger partial charge in [0, 0.05) is 0 Å². The van der Waals surface area contributed by atoms with E-state index >= 15 is 0 Å². The van der Waals surface area contributed by atoms with Crippen molar-refractivity contribution in [1.82, 2.24) is 5.48 Å². The average molecular weight is 211 g/mol. The van der Waals surface area contributed by atoms with Gasteiger partial charge in [0.25, 0.3) is 0 Å². The summed E-state index contributed by atoms with van der Waals surface area (Å²) in [6, 6.07) is 0.225. The minimum atomic E-state index is 0.141. The molecule has 2 rings (SSSR count). The first kappa shape index (κ1) is 10.7. The van der Waals surface area contributed by atoms with Crippen molar-refractivity contribution in [1.29, 1.82) is 0 Å². The van der Waals surface area contributed by atoms with Gasteiger partial charge < -0.3 is 5.73 Å². The van der Waals surface area contributed by atoms with Gasteiger partial charge in [-0.15, -0.1) is 0 Å². The zero-order valence-corrected chi connectivity index (χ0v) is 9.75. The summed E-state index contributed by atoms with van der Waals surface area (Å²) < 4.78 is 0. The van der Waals surface area contributed by atoms with Crippen LogP contribution in [0.25, 0.3) is 0 Å². The number of nitrogens with one attached hydrogen (secondary N) is 1. The molecule has 0 aromatic carbocycles. The average Bonchev–Trinajstić information content (AvgIpc) is 2.63. The van der Waals surface area contributed by atoms with Crippen LogP contribution in [0.1, 0.15) is 40.0 Å². The summed E-state index contributed by atoms with van der Waals surface area (Å²) in [4.78, 5) is 4.43. The maximum absolute atomic E-state index is 8.71. The molecule has 0 aromatic heterocycles. The molecule has 2 fully saturated rings. The van der Waals surface area contributed by atoms with E-state index in [0.29, 0.717) is 0 Å². The number of guanidine groups is 1. The summed E-state index contributed by atoms with van der Waals surface area (Å²) in [6.45, 7) is 6.82. The first-order chi connectivity index (χ1) is 6.90. The van der Waals surface area contributed by atoms with Crippen LogP contribution in [0.15, 0.2) is 4.99 Å². The first-order valence-corrected chi connectivity index (χ1v) is 5.63. The topological polar surface area (TPSA) is 70.6 Å². The highest BCUT2D eigenvalue weighted by molar-refractivity contribution is 5.76. The van der Waals surface area contributed by atoms with Gasteiger partial charge in [0.2, 0.25) is 5.96 Å². The van der Waals surface area contributed by atoms with Gasteiger partial charge in [0.15, 0.2) is 0 Å². The molecule has 4 heteroatoms. The number of hydroxylamine groups is 1.